The lowest BCUT2D eigenvalue weighted by atomic mass is 10.2. The molecule has 0 radical (unpaired) electrons. The molecule has 0 spiro atoms. The molecule has 0 bridgehead atoms. The van der Waals surface area contributed by atoms with Gasteiger partial charge in [-0.15, -0.1) is 5.10 Å². The van der Waals surface area contributed by atoms with Gasteiger partial charge in [-0.25, -0.2) is 23.0 Å². The molecular weight excluding hydrogens is 517 g/mol. The highest BCUT2D eigenvalue weighted by atomic mass is 19.1. The number of nitrogens with zero attached hydrogens (tertiary/aromatic N) is 5. The molecule has 2 aromatic heterocycles. The summed E-state index contributed by atoms with van der Waals surface area (Å²) in [7, 11) is 3.22. The molecule has 10 nitrogen and oxygen atoms in total. The van der Waals surface area contributed by atoms with Crippen LogP contribution >= 0.6 is 0 Å². The molecule has 0 saturated heterocycles. The van der Waals surface area contributed by atoms with Crippen molar-refractivity contribution in [2.24, 2.45) is 0 Å². The van der Waals surface area contributed by atoms with Gasteiger partial charge in [-0.1, -0.05) is 0 Å². The third kappa shape index (κ3) is 11.4. The van der Waals surface area contributed by atoms with Crippen molar-refractivity contribution in [3.05, 3.63) is 89.5 Å². The largest absolute Gasteiger partial charge is 0.476 e. The quantitative estimate of drug-likeness (QED) is 0.312. The first kappa shape index (κ1) is 30.4. The van der Waals surface area contributed by atoms with Gasteiger partial charge in [0.2, 0.25) is 11.8 Å². The first-order valence-corrected chi connectivity index (χ1v) is 11.2. The lowest BCUT2D eigenvalue weighted by molar-refractivity contribution is 0.143. The molecule has 1 N–H and O–H groups in total. The van der Waals surface area contributed by atoms with Crippen molar-refractivity contribution in [2.75, 3.05) is 40.6 Å². The van der Waals surface area contributed by atoms with E-state index in [1.807, 2.05) is 6.07 Å². The molecule has 4 aromatic rings. The number of nitriles is 2. The van der Waals surface area contributed by atoms with E-state index in [9.17, 15) is 13.2 Å². The molecule has 13 heteroatoms. The third-order valence-corrected chi connectivity index (χ3v) is 4.39. The van der Waals surface area contributed by atoms with E-state index >= 15 is 0 Å². The third-order valence-electron chi connectivity index (χ3n) is 4.39. The Bertz CT molecular complexity index is 1350. The number of ether oxygens (including phenoxy) is 4. The van der Waals surface area contributed by atoms with E-state index in [1.165, 1.54) is 16.8 Å². The summed E-state index contributed by atoms with van der Waals surface area (Å²) >= 11 is 0. The summed E-state index contributed by atoms with van der Waals surface area (Å²) in [5, 5.41) is 27.5. The molecule has 0 fully saturated rings. The van der Waals surface area contributed by atoms with Gasteiger partial charge in [0.25, 0.3) is 0 Å². The van der Waals surface area contributed by atoms with Crippen molar-refractivity contribution in [2.45, 2.75) is 0 Å². The highest BCUT2D eigenvalue weighted by Gasteiger charge is 2.05. The minimum Gasteiger partial charge on any atom is -0.476 e. The molecule has 0 aliphatic carbocycles. The van der Waals surface area contributed by atoms with Gasteiger partial charge in [0.15, 0.2) is 0 Å². The van der Waals surface area contributed by atoms with Crippen LogP contribution in [0, 0.1) is 40.1 Å². The van der Waals surface area contributed by atoms with Crippen LogP contribution in [0.25, 0.3) is 5.69 Å². The Morgan fingerprint density at radius 3 is 1.95 bits per heavy atom. The number of nitrogens with one attached hydrogen (secondary N) is 1. The van der Waals surface area contributed by atoms with E-state index < -0.39 is 17.5 Å². The van der Waals surface area contributed by atoms with Crippen LogP contribution in [0.3, 0.4) is 0 Å². The van der Waals surface area contributed by atoms with Crippen LogP contribution in [-0.4, -0.2) is 60.6 Å². The monoisotopic (exact) mass is 542 g/mol. The maximum Gasteiger partial charge on any atom is 0.233 e. The molecule has 0 aliphatic heterocycles. The SMILES string of the molecule is COCCOc1ccn(-c2cc(F)cc(C#N)c2)n1.COCCOc1ccn[nH]1.N#Cc1cc(F)cc(F)c1. The summed E-state index contributed by atoms with van der Waals surface area (Å²) < 4.78 is 59.3. The van der Waals surface area contributed by atoms with Crippen LogP contribution < -0.4 is 9.47 Å². The number of hydrogen-bond donors (Lipinski definition) is 1. The minimum absolute atomic E-state index is 0.00231. The summed E-state index contributed by atoms with van der Waals surface area (Å²) in [5.41, 5.74) is 0.711. The molecule has 4 rings (SSSR count). The summed E-state index contributed by atoms with van der Waals surface area (Å²) in [5.74, 6) is -0.837. The van der Waals surface area contributed by atoms with Crippen molar-refractivity contribution in [3.63, 3.8) is 0 Å². The Labute approximate surface area is 222 Å². The highest BCUT2D eigenvalue weighted by molar-refractivity contribution is 5.41. The maximum absolute atomic E-state index is 13.3. The van der Waals surface area contributed by atoms with Gasteiger partial charge in [0.05, 0.1) is 48.4 Å². The van der Waals surface area contributed by atoms with Gasteiger partial charge in [-0.3, -0.25) is 0 Å². The molecule has 0 aliphatic rings. The minimum atomic E-state index is -0.725. The van der Waals surface area contributed by atoms with Gasteiger partial charge in [0, 0.05) is 38.6 Å². The Hall–Kier alpha value is -4.85. The number of halogens is 3. The van der Waals surface area contributed by atoms with Gasteiger partial charge >= 0.3 is 0 Å². The molecule has 0 unspecified atom stereocenters. The molecule has 39 heavy (non-hydrogen) atoms. The van der Waals surface area contributed by atoms with E-state index in [0.29, 0.717) is 43.9 Å². The van der Waals surface area contributed by atoms with Crippen molar-refractivity contribution >= 4 is 0 Å². The molecular formula is C26H25F3N6O4. The molecule has 0 amide bonds. The van der Waals surface area contributed by atoms with E-state index in [0.717, 1.165) is 18.2 Å². The fourth-order valence-electron chi connectivity index (χ4n) is 2.71. The summed E-state index contributed by atoms with van der Waals surface area (Å²) in [6.45, 7) is 2.00. The van der Waals surface area contributed by atoms with E-state index in [2.05, 4.69) is 15.3 Å². The Morgan fingerprint density at radius 1 is 0.795 bits per heavy atom. The number of H-pyrrole nitrogens is 1. The standard InChI is InChI=1S/C13H12FN3O2.C7H3F2N.C6H10N2O2/c1-18-4-5-19-13-2-3-17(16-13)12-7-10(9-15)6-11(14)8-12;8-6-1-5(4-10)2-7(9)3-6;1-9-4-5-10-6-2-3-7-8-6/h2-3,6-8H,4-5H2,1H3;1-3H;2-3H,4-5H2,1H3,(H,7,8). The van der Waals surface area contributed by atoms with Gasteiger partial charge in [-0.2, -0.15) is 15.6 Å². The predicted molar refractivity (Wildman–Crippen MR) is 133 cm³/mol. The van der Waals surface area contributed by atoms with Crippen molar-refractivity contribution in [3.8, 4) is 29.6 Å². The lowest BCUT2D eigenvalue weighted by Gasteiger charge is -2.03. The highest BCUT2D eigenvalue weighted by Crippen LogP contribution is 2.15. The average molecular weight is 543 g/mol. The van der Waals surface area contributed by atoms with E-state index in [-0.39, 0.29) is 11.1 Å². The molecule has 0 atom stereocenters. The number of rotatable bonds is 9. The lowest BCUT2D eigenvalue weighted by Crippen LogP contribution is -2.05. The number of hydrogen-bond acceptors (Lipinski definition) is 8. The van der Waals surface area contributed by atoms with Crippen LogP contribution in [0.15, 0.2) is 60.9 Å². The fraction of sp³-hybridized carbons (Fsp3) is 0.231. The Morgan fingerprint density at radius 2 is 1.38 bits per heavy atom. The first-order chi connectivity index (χ1) is 18.9. The van der Waals surface area contributed by atoms with E-state index in [1.54, 1.807) is 50.9 Å². The van der Waals surface area contributed by atoms with Crippen LogP contribution in [0.5, 0.6) is 11.8 Å². The summed E-state index contributed by atoms with van der Waals surface area (Å²) in [4.78, 5) is 0. The van der Waals surface area contributed by atoms with E-state index in [4.69, 9.17) is 29.5 Å². The van der Waals surface area contributed by atoms with Crippen LogP contribution in [0.4, 0.5) is 13.2 Å². The van der Waals surface area contributed by atoms with Gasteiger partial charge < -0.3 is 18.9 Å². The molecule has 2 aromatic carbocycles. The number of aromatic nitrogens is 4. The number of aromatic amines is 1. The second-order valence-corrected chi connectivity index (χ2v) is 7.28. The predicted octanol–water partition coefficient (Wildman–Crippen LogP) is 4.18. The van der Waals surface area contributed by atoms with Crippen LogP contribution in [0.1, 0.15) is 11.1 Å². The second kappa shape index (κ2) is 16.8. The van der Waals surface area contributed by atoms with Crippen molar-refractivity contribution in [1.29, 1.82) is 10.5 Å². The smallest absolute Gasteiger partial charge is 0.233 e. The maximum atomic E-state index is 13.3. The Balaban J connectivity index is 0.000000225. The van der Waals surface area contributed by atoms with Gasteiger partial charge in [-0.05, 0) is 30.3 Å². The zero-order chi connectivity index (χ0) is 28.5. The van der Waals surface area contributed by atoms with Gasteiger partial charge in [0.1, 0.15) is 30.7 Å². The van der Waals surface area contributed by atoms with Crippen molar-refractivity contribution < 1.29 is 32.1 Å². The molecule has 0 saturated carbocycles. The summed E-state index contributed by atoms with van der Waals surface area (Å²) in [6, 6.07) is 13.6. The fourth-order valence-corrected chi connectivity index (χ4v) is 2.71. The zero-order valence-corrected chi connectivity index (χ0v) is 21.1. The molecule has 204 valence electrons. The van der Waals surface area contributed by atoms with Crippen LogP contribution in [0.2, 0.25) is 0 Å². The molecule has 2 heterocycles. The normalized spacial score (nSPS) is 9.72. The topological polar surface area (TPSA) is 131 Å². The number of methoxy groups -OCH3 is 2. The summed E-state index contributed by atoms with van der Waals surface area (Å²) in [6.07, 6.45) is 3.28. The number of benzene rings is 2. The second-order valence-electron chi connectivity index (χ2n) is 7.28. The van der Waals surface area contributed by atoms with Crippen LogP contribution in [-0.2, 0) is 9.47 Å². The average Bonchev–Trinajstić information content (AvgIpc) is 3.61. The first-order valence-electron chi connectivity index (χ1n) is 11.2. The zero-order valence-electron chi connectivity index (χ0n) is 21.1. The van der Waals surface area contributed by atoms with Crippen molar-refractivity contribution in [1.82, 2.24) is 20.0 Å². The Kier molecular flexibility index (Phi) is 13.1.